The van der Waals surface area contributed by atoms with Gasteiger partial charge in [-0.3, -0.25) is 4.79 Å². The largest absolute Gasteiger partial charge is 0.389 e. The Kier molecular flexibility index (Phi) is 7.66. The highest BCUT2D eigenvalue weighted by molar-refractivity contribution is 5.98. The molecule has 230 valence electrons. The number of ether oxygens (including phenoxy) is 6. The van der Waals surface area contributed by atoms with Crippen LogP contribution < -0.4 is 0 Å². The summed E-state index contributed by atoms with van der Waals surface area (Å²) in [6.45, 7) is 18.1. The molecule has 6 rings (SSSR count). The molecule has 0 radical (unpaired) electrons. The van der Waals surface area contributed by atoms with Crippen LogP contribution in [0.2, 0.25) is 0 Å². The van der Waals surface area contributed by atoms with Crippen molar-refractivity contribution in [2.24, 2.45) is 16.7 Å². The van der Waals surface area contributed by atoms with Crippen LogP contribution in [0.1, 0.15) is 99.3 Å². The van der Waals surface area contributed by atoms with E-state index < -0.39 is 53.1 Å². The van der Waals surface area contributed by atoms with Crippen molar-refractivity contribution in [2.75, 3.05) is 13.2 Å². The average molecular weight is 575 g/mol. The Morgan fingerprint density at radius 1 is 0.927 bits per heavy atom. The Morgan fingerprint density at radius 3 is 2.22 bits per heavy atom. The molecular formula is C33H50O8. The summed E-state index contributed by atoms with van der Waals surface area (Å²) < 4.78 is 40.3. The third-order valence-corrected chi connectivity index (χ3v) is 11.2. The van der Waals surface area contributed by atoms with Crippen LogP contribution in [0.15, 0.2) is 23.3 Å². The summed E-state index contributed by atoms with van der Waals surface area (Å²) in [5.41, 5.74) is 0.0149. The number of carbonyl (C=O) groups excluding carboxylic acids is 1. The fourth-order valence-electron chi connectivity index (χ4n) is 8.93. The van der Waals surface area contributed by atoms with E-state index in [-0.39, 0.29) is 24.2 Å². The molecule has 2 saturated carbocycles. The topological polar surface area (TPSA) is 92.7 Å². The lowest BCUT2D eigenvalue weighted by atomic mass is 9.47. The monoisotopic (exact) mass is 574 g/mol. The molecule has 2 unspecified atom stereocenters. The lowest BCUT2D eigenvalue weighted by molar-refractivity contribution is -0.327. The third kappa shape index (κ3) is 4.71. The number of ketones is 1. The van der Waals surface area contributed by atoms with Gasteiger partial charge >= 0.3 is 0 Å². The summed E-state index contributed by atoms with van der Waals surface area (Å²) in [6, 6.07) is 0. The second-order valence-electron chi connectivity index (χ2n) is 14.5. The summed E-state index contributed by atoms with van der Waals surface area (Å²) in [7, 11) is 0. The Labute approximate surface area is 245 Å². The molecule has 5 fully saturated rings. The maximum absolute atomic E-state index is 14.1. The molecule has 9 atom stereocenters. The first-order valence-electron chi connectivity index (χ1n) is 15.8. The van der Waals surface area contributed by atoms with Crippen LogP contribution in [0.4, 0.5) is 0 Å². The fraction of sp³-hybridized carbons (Fsp3) is 0.848. The summed E-state index contributed by atoms with van der Waals surface area (Å²) in [5.74, 6) is -1.21. The molecule has 0 aromatic rings. The number of allylic oxidation sites excluding steroid dienone is 1. The van der Waals surface area contributed by atoms with Crippen LogP contribution >= 0.6 is 0 Å². The highest BCUT2D eigenvalue weighted by Crippen LogP contribution is 2.65. The van der Waals surface area contributed by atoms with Crippen molar-refractivity contribution in [1.82, 2.24) is 0 Å². The first-order chi connectivity index (χ1) is 19.3. The molecule has 8 nitrogen and oxygen atoms in total. The molecule has 6 aliphatic rings. The number of aliphatic hydroxyl groups excluding tert-OH is 1. The van der Waals surface area contributed by atoms with Crippen molar-refractivity contribution in [3.8, 4) is 0 Å². The van der Waals surface area contributed by atoms with Crippen LogP contribution in [0.5, 0.6) is 0 Å². The van der Waals surface area contributed by atoms with Crippen molar-refractivity contribution in [1.29, 1.82) is 0 Å². The van der Waals surface area contributed by atoms with Gasteiger partial charge in [0.05, 0.1) is 18.3 Å². The highest BCUT2D eigenvalue weighted by atomic mass is 16.8. The molecule has 0 aromatic carbocycles. The van der Waals surface area contributed by atoms with Gasteiger partial charge in [-0.2, -0.15) is 0 Å². The van der Waals surface area contributed by atoms with E-state index >= 15 is 0 Å². The zero-order chi connectivity index (χ0) is 29.4. The first-order valence-corrected chi connectivity index (χ1v) is 15.8. The average Bonchev–Trinajstić information content (AvgIpc) is 3.25. The van der Waals surface area contributed by atoms with Crippen LogP contribution in [0.3, 0.4) is 0 Å². The second kappa shape index (κ2) is 10.5. The van der Waals surface area contributed by atoms with Gasteiger partial charge in [-0.1, -0.05) is 27.4 Å². The highest BCUT2D eigenvalue weighted by Gasteiger charge is 2.71. The number of hydrogen-bond donors (Lipinski definition) is 1. The van der Waals surface area contributed by atoms with Gasteiger partial charge in [-0.25, -0.2) is 0 Å². The number of rotatable bonds is 4. The lowest BCUT2D eigenvalue weighted by Gasteiger charge is -2.63. The molecule has 1 N–H and O–H groups in total. The molecule has 2 bridgehead atoms. The normalized spacial score (nSPS) is 46.0. The molecule has 3 aliphatic heterocycles. The Bertz CT molecular complexity index is 1080. The van der Waals surface area contributed by atoms with Crippen molar-refractivity contribution >= 4 is 5.78 Å². The molecule has 0 spiro atoms. The van der Waals surface area contributed by atoms with E-state index in [9.17, 15) is 9.90 Å². The number of Topliss-reactive ketones (excluding diaryl/α,β-unsaturated/α-hetero) is 1. The molecular weight excluding hydrogens is 524 g/mol. The van der Waals surface area contributed by atoms with Crippen LogP contribution in [0, 0.1) is 16.7 Å². The van der Waals surface area contributed by atoms with E-state index in [1.54, 1.807) is 0 Å². The van der Waals surface area contributed by atoms with Gasteiger partial charge in [0, 0.05) is 36.4 Å². The summed E-state index contributed by atoms with van der Waals surface area (Å²) in [4.78, 5) is 14.1. The van der Waals surface area contributed by atoms with Gasteiger partial charge in [0.2, 0.25) is 0 Å². The molecule has 41 heavy (non-hydrogen) atoms. The van der Waals surface area contributed by atoms with Crippen molar-refractivity contribution in [2.45, 2.75) is 148 Å². The van der Waals surface area contributed by atoms with E-state index in [0.29, 0.717) is 31.6 Å². The zero-order valence-electron chi connectivity index (χ0n) is 25.8. The SMILES string of the molecule is C=C1[C@@H](O)CC[C@@]2(C)[C@H]3OC(C)(C)O[C@@H]3C3=C(C)C(=O)C[C@@](OC4CCCCO4)([C@@H](OC4CCCCO4)[C@H]12)C3(C)C. The van der Waals surface area contributed by atoms with Gasteiger partial charge in [-0.05, 0) is 88.9 Å². The van der Waals surface area contributed by atoms with Gasteiger partial charge in [0.15, 0.2) is 24.2 Å². The Balaban J connectivity index is 1.61. The van der Waals surface area contributed by atoms with Crippen LogP contribution in [0.25, 0.3) is 0 Å². The molecule has 3 saturated heterocycles. The van der Waals surface area contributed by atoms with Crippen LogP contribution in [-0.2, 0) is 33.2 Å². The van der Waals surface area contributed by atoms with Crippen LogP contribution in [-0.4, -0.2) is 72.5 Å². The molecule has 8 heteroatoms. The second-order valence-corrected chi connectivity index (χ2v) is 14.5. The van der Waals surface area contributed by atoms with Gasteiger partial charge in [0.1, 0.15) is 11.7 Å². The minimum absolute atomic E-state index is 0.0194. The lowest BCUT2D eigenvalue weighted by Crippen LogP contribution is -2.71. The predicted molar refractivity (Wildman–Crippen MR) is 152 cm³/mol. The molecule has 3 aliphatic carbocycles. The smallest absolute Gasteiger partial charge is 0.164 e. The number of hydrogen-bond acceptors (Lipinski definition) is 8. The molecule has 3 heterocycles. The quantitative estimate of drug-likeness (QED) is 0.449. The van der Waals surface area contributed by atoms with Gasteiger partial charge in [0.25, 0.3) is 0 Å². The minimum Gasteiger partial charge on any atom is -0.389 e. The van der Waals surface area contributed by atoms with Crippen molar-refractivity contribution in [3.05, 3.63) is 23.3 Å². The van der Waals surface area contributed by atoms with E-state index in [1.165, 1.54) is 0 Å². The van der Waals surface area contributed by atoms with Gasteiger partial charge < -0.3 is 33.5 Å². The first kappa shape index (κ1) is 29.9. The third-order valence-electron chi connectivity index (χ3n) is 11.2. The number of aliphatic hydroxyl groups is 1. The maximum Gasteiger partial charge on any atom is 0.164 e. The Hall–Kier alpha value is -1.13. The standard InChI is InChI=1S/C33H50O8/c1-19-21(34)14-15-32(7)26(19)28(38-23-12-8-10-16-36-23)33(39-24-13-9-11-17-37-24)18-22(35)20(2)25(30(33,3)4)27-29(32)41-31(5,6)40-27/h21,23-24,26-29,34H,1,8-18H2,2-7H3/t21-,23?,24?,26-,27+,28-,29-,32+,33+/m0/s1. The summed E-state index contributed by atoms with van der Waals surface area (Å²) in [6.07, 6.45) is 3.85. The molecule has 0 amide bonds. The van der Waals surface area contributed by atoms with E-state index in [0.717, 1.165) is 49.7 Å². The minimum atomic E-state index is -1.12. The van der Waals surface area contributed by atoms with E-state index in [1.807, 2.05) is 20.8 Å². The number of carbonyl (C=O) groups is 1. The zero-order valence-corrected chi connectivity index (χ0v) is 25.8. The van der Waals surface area contributed by atoms with Gasteiger partial charge in [-0.15, -0.1) is 0 Å². The van der Waals surface area contributed by atoms with Crippen molar-refractivity contribution < 1.29 is 38.3 Å². The van der Waals surface area contributed by atoms with E-state index in [2.05, 4.69) is 27.4 Å². The number of fused-ring (bicyclic) bond motifs is 6. The maximum atomic E-state index is 14.1. The predicted octanol–water partition coefficient (Wildman–Crippen LogP) is 5.36. The summed E-state index contributed by atoms with van der Waals surface area (Å²) >= 11 is 0. The fourth-order valence-corrected chi connectivity index (χ4v) is 8.93. The summed E-state index contributed by atoms with van der Waals surface area (Å²) in [5, 5.41) is 11.3. The Morgan fingerprint density at radius 2 is 1.59 bits per heavy atom. The van der Waals surface area contributed by atoms with E-state index in [4.69, 9.17) is 28.4 Å². The molecule has 0 aromatic heterocycles. The van der Waals surface area contributed by atoms with Crippen molar-refractivity contribution in [3.63, 3.8) is 0 Å².